The van der Waals surface area contributed by atoms with Gasteiger partial charge in [-0.05, 0) is 19.8 Å². The summed E-state index contributed by atoms with van der Waals surface area (Å²) in [6.07, 6.45) is 6.98. The van der Waals surface area contributed by atoms with Crippen molar-refractivity contribution in [1.82, 2.24) is 0 Å². The molecule has 1 nitrogen and oxygen atoms in total. The molecular weight excluding hydrogens is 146 g/mol. The largest absolute Gasteiger partial charge is 0.310 e. The first kappa shape index (κ1) is 11.2. The van der Waals surface area contributed by atoms with Gasteiger partial charge in [0.25, 0.3) is 0 Å². The lowest BCUT2D eigenvalue weighted by Crippen LogP contribution is -1.99. The summed E-state index contributed by atoms with van der Waals surface area (Å²) in [5.41, 5.74) is 2.07. The summed E-state index contributed by atoms with van der Waals surface area (Å²) in [4.78, 5) is 0. The topological polar surface area (TPSA) is 23.9 Å². The van der Waals surface area contributed by atoms with E-state index in [1.54, 1.807) is 0 Å². The number of nitrogens with one attached hydrogen (secondary N) is 1. The van der Waals surface area contributed by atoms with Crippen LogP contribution in [0.4, 0.5) is 0 Å². The Morgan fingerprint density at radius 3 is 2.33 bits per heavy atom. The quantitative estimate of drug-likeness (QED) is 0.486. The minimum absolute atomic E-state index is 0.543. The molecule has 0 unspecified atom stereocenters. The first-order chi connectivity index (χ1) is 5.57. The van der Waals surface area contributed by atoms with E-state index < -0.39 is 0 Å². The van der Waals surface area contributed by atoms with Gasteiger partial charge in [0, 0.05) is 12.1 Å². The van der Waals surface area contributed by atoms with Gasteiger partial charge in [0.1, 0.15) is 0 Å². The second-order valence-electron chi connectivity index (χ2n) is 3.38. The van der Waals surface area contributed by atoms with Crippen molar-refractivity contribution >= 4 is 5.71 Å². The molecular formula is C11H19N. The van der Waals surface area contributed by atoms with Gasteiger partial charge >= 0.3 is 0 Å². The minimum Gasteiger partial charge on any atom is -0.310 e. The van der Waals surface area contributed by atoms with Crippen LogP contribution in [0, 0.1) is 11.3 Å². The molecule has 12 heavy (non-hydrogen) atoms. The molecule has 0 aliphatic rings. The predicted octanol–water partition coefficient (Wildman–Crippen LogP) is 3.57. The smallest absolute Gasteiger partial charge is 0.00988 e. The van der Waals surface area contributed by atoms with Gasteiger partial charge in [0.15, 0.2) is 0 Å². The molecule has 1 heteroatoms. The molecule has 68 valence electrons. The van der Waals surface area contributed by atoms with Crippen molar-refractivity contribution in [3.8, 4) is 0 Å². The molecule has 0 fully saturated rings. The van der Waals surface area contributed by atoms with Gasteiger partial charge in [-0.1, -0.05) is 37.6 Å². The maximum Gasteiger partial charge on any atom is 0.00988 e. The van der Waals surface area contributed by atoms with Crippen molar-refractivity contribution in [3.05, 3.63) is 23.8 Å². The highest BCUT2D eigenvalue weighted by Crippen LogP contribution is 2.14. The summed E-state index contributed by atoms with van der Waals surface area (Å²) in [6.45, 7) is 8.19. The molecule has 0 atom stereocenters. The van der Waals surface area contributed by atoms with Crippen LogP contribution in [0.1, 0.15) is 34.1 Å². The summed E-state index contributed by atoms with van der Waals surface area (Å²) in [6, 6.07) is 0. The van der Waals surface area contributed by atoms with E-state index in [0.29, 0.717) is 5.92 Å². The zero-order valence-electron chi connectivity index (χ0n) is 8.52. The molecule has 0 saturated heterocycles. The molecule has 0 heterocycles. The molecule has 0 amide bonds. The standard InChI is InChI=1S/C11H19N/c1-5-6-7-11(9(2)3)8-10(4)12/h5-7,9,12H,8H2,1-4H3/b6-5?,11-7+,12-10?. The first-order valence-electron chi connectivity index (χ1n) is 4.43. The molecule has 0 aliphatic heterocycles. The van der Waals surface area contributed by atoms with Crippen molar-refractivity contribution in [2.75, 3.05) is 0 Å². The summed E-state index contributed by atoms with van der Waals surface area (Å²) in [5, 5.41) is 7.39. The Bertz CT molecular complexity index is 197. The van der Waals surface area contributed by atoms with E-state index >= 15 is 0 Å². The van der Waals surface area contributed by atoms with Crippen LogP contribution >= 0.6 is 0 Å². The van der Waals surface area contributed by atoms with E-state index in [0.717, 1.165) is 12.1 Å². The van der Waals surface area contributed by atoms with Crippen molar-refractivity contribution in [2.45, 2.75) is 34.1 Å². The predicted molar refractivity (Wildman–Crippen MR) is 55.8 cm³/mol. The fourth-order valence-corrected chi connectivity index (χ4v) is 0.982. The van der Waals surface area contributed by atoms with Gasteiger partial charge in [-0.2, -0.15) is 0 Å². The maximum absolute atomic E-state index is 7.39. The highest BCUT2D eigenvalue weighted by atomic mass is 14.4. The van der Waals surface area contributed by atoms with E-state index in [9.17, 15) is 0 Å². The van der Waals surface area contributed by atoms with Crippen LogP contribution in [-0.2, 0) is 0 Å². The van der Waals surface area contributed by atoms with Crippen LogP contribution in [0.3, 0.4) is 0 Å². The van der Waals surface area contributed by atoms with Gasteiger partial charge in [0.2, 0.25) is 0 Å². The molecule has 0 aromatic heterocycles. The molecule has 0 spiro atoms. The Morgan fingerprint density at radius 1 is 1.42 bits per heavy atom. The molecule has 0 saturated carbocycles. The Labute approximate surface area is 75.7 Å². The summed E-state index contributed by atoms with van der Waals surface area (Å²) >= 11 is 0. The van der Waals surface area contributed by atoms with Crippen LogP contribution in [-0.4, -0.2) is 5.71 Å². The lowest BCUT2D eigenvalue weighted by Gasteiger charge is -2.09. The summed E-state index contributed by atoms with van der Waals surface area (Å²) < 4.78 is 0. The van der Waals surface area contributed by atoms with E-state index in [1.165, 1.54) is 5.57 Å². The molecule has 0 aromatic carbocycles. The van der Waals surface area contributed by atoms with Crippen molar-refractivity contribution in [1.29, 1.82) is 5.41 Å². The van der Waals surface area contributed by atoms with Gasteiger partial charge in [-0.15, -0.1) is 0 Å². The van der Waals surface area contributed by atoms with E-state index in [1.807, 2.05) is 26.0 Å². The minimum atomic E-state index is 0.543. The average Bonchev–Trinajstić information content (AvgIpc) is 1.96. The van der Waals surface area contributed by atoms with Gasteiger partial charge in [0.05, 0.1) is 0 Å². The second-order valence-corrected chi connectivity index (χ2v) is 3.38. The van der Waals surface area contributed by atoms with E-state index in [-0.39, 0.29) is 0 Å². The summed E-state index contributed by atoms with van der Waals surface area (Å²) in [7, 11) is 0. The fourth-order valence-electron chi connectivity index (χ4n) is 0.982. The third-order valence-electron chi connectivity index (χ3n) is 1.71. The van der Waals surface area contributed by atoms with Crippen LogP contribution in [0.2, 0.25) is 0 Å². The van der Waals surface area contributed by atoms with Crippen molar-refractivity contribution in [3.63, 3.8) is 0 Å². The molecule has 0 bridgehead atoms. The normalized spacial score (nSPS) is 12.9. The summed E-state index contributed by atoms with van der Waals surface area (Å²) in [5.74, 6) is 0.543. The van der Waals surface area contributed by atoms with Crippen LogP contribution in [0.5, 0.6) is 0 Å². The lowest BCUT2D eigenvalue weighted by molar-refractivity contribution is 0.753. The van der Waals surface area contributed by atoms with E-state index in [2.05, 4.69) is 19.9 Å². The highest BCUT2D eigenvalue weighted by molar-refractivity contribution is 5.81. The zero-order valence-corrected chi connectivity index (χ0v) is 8.52. The Hall–Kier alpha value is -0.850. The third-order valence-corrected chi connectivity index (χ3v) is 1.71. The third kappa shape index (κ3) is 4.89. The van der Waals surface area contributed by atoms with Crippen LogP contribution in [0.15, 0.2) is 23.8 Å². The average molecular weight is 165 g/mol. The number of allylic oxidation sites excluding steroid dienone is 4. The van der Waals surface area contributed by atoms with Gasteiger partial charge in [-0.3, -0.25) is 0 Å². The van der Waals surface area contributed by atoms with Crippen LogP contribution < -0.4 is 0 Å². The van der Waals surface area contributed by atoms with E-state index in [4.69, 9.17) is 5.41 Å². The molecule has 0 aliphatic carbocycles. The molecule has 1 N–H and O–H groups in total. The van der Waals surface area contributed by atoms with Gasteiger partial charge in [-0.25, -0.2) is 0 Å². The second kappa shape index (κ2) is 5.76. The SMILES string of the molecule is CC=C/C=C(\CC(C)=N)C(C)C. The number of rotatable bonds is 4. The van der Waals surface area contributed by atoms with Crippen molar-refractivity contribution in [2.24, 2.45) is 5.92 Å². The zero-order chi connectivity index (χ0) is 9.56. The molecule has 0 radical (unpaired) electrons. The Morgan fingerprint density at radius 2 is 2.00 bits per heavy atom. The number of hydrogen-bond donors (Lipinski definition) is 1. The van der Waals surface area contributed by atoms with Gasteiger partial charge < -0.3 is 5.41 Å². The highest BCUT2D eigenvalue weighted by Gasteiger charge is 2.02. The Kier molecular flexibility index (Phi) is 5.35. The van der Waals surface area contributed by atoms with Crippen LogP contribution in [0.25, 0.3) is 0 Å². The monoisotopic (exact) mass is 165 g/mol. The molecule has 0 aromatic rings. The Balaban J connectivity index is 4.32. The molecule has 0 rings (SSSR count). The maximum atomic E-state index is 7.39. The fraction of sp³-hybridized carbons (Fsp3) is 0.545. The first-order valence-corrected chi connectivity index (χ1v) is 4.43. The lowest BCUT2D eigenvalue weighted by atomic mass is 9.97. The number of hydrogen-bond acceptors (Lipinski definition) is 1. The van der Waals surface area contributed by atoms with Crippen molar-refractivity contribution < 1.29 is 0 Å².